The first kappa shape index (κ1) is 17.9. The first-order valence-electron chi connectivity index (χ1n) is 9.35. The Morgan fingerprint density at radius 3 is 1.08 bits per heavy atom. The zero-order valence-corrected chi connectivity index (χ0v) is 16.6. The Labute approximate surface area is 153 Å². The molecule has 3 aromatic rings. The van der Waals surface area contributed by atoms with Gasteiger partial charge >= 0.3 is 153 Å². The summed E-state index contributed by atoms with van der Waals surface area (Å²) in [5.41, 5.74) is 0. The van der Waals surface area contributed by atoms with E-state index < -0.39 is 7.26 Å². The van der Waals surface area contributed by atoms with Gasteiger partial charge in [0.25, 0.3) is 0 Å². The van der Waals surface area contributed by atoms with Crippen molar-refractivity contribution >= 4 is 23.2 Å². The molecule has 0 heterocycles. The summed E-state index contributed by atoms with van der Waals surface area (Å²) in [5, 5.41) is 4.78. The molecule has 0 aromatic heterocycles. The molecule has 0 fully saturated rings. The normalized spacial score (nSPS) is 12.8. The fraction of sp³-hybridized carbons (Fsp3) is 0.250. The predicted octanol–water partition coefficient (Wildman–Crippen LogP) is 5.29. The second-order valence-corrected chi connectivity index (χ2v) is 11.6. The maximum atomic E-state index is 2.51. The van der Waals surface area contributed by atoms with Crippen molar-refractivity contribution in [3.05, 3.63) is 91.0 Å². The van der Waals surface area contributed by atoms with Crippen molar-refractivity contribution in [1.82, 2.24) is 0 Å². The van der Waals surface area contributed by atoms with Crippen molar-refractivity contribution in [2.45, 2.75) is 38.8 Å². The van der Waals surface area contributed by atoms with Crippen molar-refractivity contribution in [3.8, 4) is 0 Å². The molecule has 3 rings (SSSR count). The van der Waals surface area contributed by atoms with E-state index >= 15 is 0 Å². The van der Waals surface area contributed by atoms with E-state index in [-0.39, 0.29) is 5.16 Å². The van der Waals surface area contributed by atoms with Crippen LogP contribution < -0.4 is 15.9 Å². The maximum absolute atomic E-state index is 2.51. The Kier molecular flexibility index (Phi) is 5.40. The van der Waals surface area contributed by atoms with Gasteiger partial charge in [0.1, 0.15) is 0 Å². The summed E-state index contributed by atoms with van der Waals surface area (Å²) in [4.78, 5) is 0. The van der Waals surface area contributed by atoms with Crippen molar-refractivity contribution in [3.63, 3.8) is 0 Å². The van der Waals surface area contributed by atoms with Crippen LogP contribution in [-0.4, -0.2) is 5.16 Å². The second-order valence-electron chi connectivity index (χ2n) is 7.12. The summed E-state index contributed by atoms with van der Waals surface area (Å²) in [7, 11) is -2.18. The van der Waals surface area contributed by atoms with Gasteiger partial charge in [-0.25, -0.2) is 0 Å². The van der Waals surface area contributed by atoms with Gasteiger partial charge in [0.2, 0.25) is 0 Å². The van der Waals surface area contributed by atoms with E-state index in [1.165, 1.54) is 28.8 Å². The van der Waals surface area contributed by atoms with Gasteiger partial charge in [-0.1, -0.05) is 0 Å². The third-order valence-corrected chi connectivity index (χ3v) is 12.2. The van der Waals surface area contributed by atoms with Crippen molar-refractivity contribution in [2.75, 3.05) is 0 Å². The fourth-order valence-electron chi connectivity index (χ4n) is 4.39. The molecule has 1 heteroatoms. The summed E-state index contributed by atoms with van der Waals surface area (Å²) in [6.07, 6.45) is 2.35. The van der Waals surface area contributed by atoms with E-state index in [4.69, 9.17) is 0 Å². The molecule has 0 N–H and O–H groups in total. The minimum absolute atomic E-state index is 0.247. The molecule has 0 radical (unpaired) electrons. The zero-order valence-electron chi connectivity index (χ0n) is 15.6. The van der Waals surface area contributed by atoms with Gasteiger partial charge in [0.15, 0.2) is 0 Å². The molecule has 0 saturated carbocycles. The monoisotopic (exact) mass is 348 g/mol. The number of benzene rings is 3. The summed E-state index contributed by atoms with van der Waals surface area (Å²) >= 11 is 0. The molecule has 0 amide bonds. The van der Waals surface area contributed by atoms with Gasteiger partial charge in [-0.05, 0) is 0 Å². The van der Waals surface area contributed by atoms with Crippen LogP contribution in [-0.2, 0) is 0 Å². The van der Waals surface area contributed by atoms with E-state index in [1.807, 2.05) is 0 Å². The third kappa shape index (κ3) is 2.94. The molecule has 0 nitrogen and oxygen atoms in total. The van der Waals surface area contributed by atoms with Crippen LogP contribution in [0.15, 0.2) is 91.0 Å². The molecule has 0 spiro atoms. The molecule has 3 aromatic carbocycles. The van der Waals surface area contributed by atoms with Gasteiger partial charge < -0.3 is 0 Å². The molecule has 0 saturated heterocycles. The van der Waals surface area contributed by atoms with Gasteiger partial charge in [-0.2, -0.15) is 0 Å². The van der Waals surface area contributed by atoms with Crippen LogP contribution in [0.3, 0.4) is 0 Å². The van der Waals surface area contributed by atoms with Gasteiger partial charge in [0.05, 0.1) is 0 Å². The van der Waals surface area contributed by atoms with E-state index in [1.54, 1.807) is 0 Å². The van der Waals surface area contributed by atoms with Crippen LogP contribution in [0.25, 0.3) is 0 Å². The van der Waals surface area contributed by atoms with E-state index in [0.29, 0.717) is 0 Å². The van der Waals surface area contributed by atoms with Gasteiger partial charge in [0, 0.05) is 0 Å². The van der Waals surface area contributed by atoms with Crippen molar-refractivity contribution in [2.24, 2.45) is 0 Å². The first-order chi connectivity index (χ1) is 12.2. The topological polar surface area (TPSA) is 0 Å². The van der Waals surface area contributed by atoms with E-state index in [9.17, 15) is 0 Å². The standard InChI is InChI=1S/C24H29P/c1-4-24(3,5-2)25(21-15-9-6-10-16-21,22-17-11-7-12-18-22)23-19-13-8-14-20-23/h6-20,25H,4-5H2,1-3H3. The number of rotatable bonds is 6. The Morgan fingerprint density at radius 1 is 0.560 bits per heavy atom. The average molecular weight is 348 g/mol. The van der Waals surface area contributed by atoms with Crippen LogP contribution in [0.2, 0.25) is 0 Å². The second kappa shape index (κ2) is 7.54. The molecule has 0 aliphatic carbocycles. The summed E-state index contributed by atoms with van der Waals surface area (Å²) in [5.74, 6) is 0. The van der Waals surface area contributed by atoms with Crippen molar-refractivity contribution in [1.29, 1.82) is 0 Å². The predicted molar refractivity (Wildman–Crippen MR) is 116 cm³/mol. The zero-order chi connectivity index (χ0) is 17.8. The van der Waals surface area contributed by atoms with Crippen LogP contribution in [0, 0.1) is 0 Å². The van der Waals surface area contributed by atoms with Crippen LogP contribution in [0.4, 0.5) is 0 Å². The fourth-order valence-corrected chi connectivity index (χ4v) is 10.6. The van der Waals surface area contributed by atoms with Crippen molar-refractivity contribution < 1.29 is 0 Å². The van der Waals surface area contributed by atoms with Gasteiger partial charge in [-0.3, -0.25) is 0 Å². The molecule has 0 aliphatic rings. The summed E-state index contributed by atoms with van der Waals surface area (Å²) in [6, 6.07) is 33.8. The Bertz CT molecular complexity index is 677. The first-order valence-corrected chi connectivity index (χ1v) is 11.4. The summed E-state index contributed by atoms with van der Waals surface area (Å²) < 4.78 is 0. The molecular formula is C24H29P. The third-order valence-electron chi connectivity index (χ3n) is 6.09. The Hall–Kier alpha value is -1.91. The molecule has 0 unspecified atom stereocenters. The van der Waals surface area contributed by atoms with Crippen LogP contribution in [0.1, 0.15) is 33.6 Å². The number of hydrogen-bond donors (Lipinski definition) is 0. The van der Waals surface area contributed by atoms with Crippen LogP contribution >= 0.6 is 7.26 Å². The Morgan fingerprint density at radius 2 is 0.840 bits per heavy atom. The molecule has 0 bridgehead atoms. The SMILES string of the molecule is CCC(C)(CC)[PH](c1ccccc1)(c1ccccc1)c1ccccc1. The molecule has 0 aliphatic heterocycles. The van der Waals surface area contributed by atoms with Crippen LogP contribution in [0.5, 0.6) is 0 Å². The molecule has 25 heavy (non-hydrogen) atoms. The quantitative estimate of drug-likeness (QED) is 0.531. The molecule has 0 atom stereocenters. The van der Waals surface area contributed by atoms with E-state index in [2.05, 4.69) is 112 Å². The molecular weight excluding hydrogens is 319 g/mol. The van der Waals surface area contributed by atoms with E-state index in [0.717, 1.165) is 0 Å². The minimum atomic E-state index is -2.18. The number of hydrogen-bond acceptors (Lipinski definition) is 0. The van der Waals surface area contributed by atoms with Gasteiger partial charge in [-0.15, -0.1) is 0 Å². The molecule has 130 valence electrons. The summed E-state index contributed by atoms with van der Waals surface area (Å²) in [6.45, 7) is 7.23. The Balaban J connectivity index is 2.45. The average Bonchev–Trinajstić information content (AvgIpc) is 2.71.